The second kappa shape index (κ2) is 4.98. The van der Waals surface area contributed by atoms with Crippen LogP contribution in [0.2, 0.25) is 5.02 Å². The Hall–Kier alpha value is -1.93. The first-order valence-corrected chi connectivity index (χ1v) is 6.38. The second-order valence-electron chi connectivity index (χ2n) is 4.45. The SMILES string of the molecule is Fc1cc(Cc2cc3ccccc3cn2)ccc1Cl. The quantitative estimate of drug-likeness (QED) is 0.663. The Morgan fingerprint density at radius 3 is 2.58 bits per heavy atom. The Kier molecular flexibility index (Phi) is 3.18. The zero-order chi connectivity index (χ0) is 13.2. The second-order valence-corrected chi connectivity index (χ2v) is 4.86. The van der Waals surface area contributed by atoms with E-state index in [1.54, 1.807) is 6.07 Å². The van der Waals surface area contributed by atoms with Gasteiger partial charge in [0.05, 0.1) is 5.02 Å². The minimum absolute atomic E-state index is 0.148. The van der Waals surface area contributed by atoms with Crippen LogP contribution in [0.1, 0.15) is 11.3 Å². The Morgan fingerprint density at radius 2 is 1.79 bits per heavy atom. The molecule has 0 bridgehead atoms. The Morgan fingerprint density at radius 1 is 1.00 bits per heavy atom. The summed E-state index contributed by atoms with van der Waals surface area (Å²) in [4.78, 5) is 4.40. The maximum Gasteiger partial charge on any atom is 0.142 e. The minimum Gasteiger partial charge on any atom is -0.260 e. The van der Waals surface area contributed by atoms with E-state index < -0.39 is 0 Å². The Balaban J connectivity index is 1.94. The van der Waals surface area contributed by atoms with Crippen LogP contribution < -0.4 is 0 Å². The fraction of sp³-hybridized carbons (Fsp3) is 0.0625. The van der Waals surface area contributed by atoms with Gasteiger partial charge in [-0.1, -0.05) is 41.9 Å². The van der Waals surface area contributed by atoms with Crippen LogP contribution in [0.4, 0.5) is 4.39 Å². The van der Waals surface area contributed by atoms with Gasteiger partial charge < -0.3 is 0 Å². The summed E-state index contributed by atoms with van der Waals surface area (Å²) >= 11 is 5.67. The van der Waals surface area contributed by atoms with Crippen molar-refractivity contribution in [3.8, 4) is 0 Å². The average Bonchev–Trinajstić information content (AvgIpc) is 2.43. The molecule has 0 radical (unpaired) electrons. The van der Waals surface area contributed by atoms with Gasteiger partial charge in [0.1, 0.15) is 5.82 Å². The lowest BCUT2D eigenvalue weighted by Crippen LogP contribution is -1.93. The highest BCUT2D eigenvalue weighted by atomic mass is 35.5. The van der Waals surface area contributed by atoms with Gasteiger partial charge >= 0.3 is 0 Å². The van der Waals surface area contributed by atoms with Crippen LogP contribution >= 0.6 is 11.6 Å². The van der Waals surface area contributed by atoms with Gasteiger partial charge in [0.25, 0.3) is 0 Å². The van der Waals surface area contributed by atoms with Crippen LogP contribution in [0.15, 0.2) is 54.7 Å². The molecule has 3 aromatic rings. The lowest BCUT2D eigenvalue weighted by molar-refractivity contribution is 0.626. The highest BCUT2D eigenvalue weighted by Crippen LogP contribution is 2.19. The molecule has 0 unspecified atom stereocenters. The third-order valence-corrected chi connectivity index (χ3v) is 3.36. The van der Waals surface area contributed by atoms with Crippen molar-refractivity contribution in [2.24, 2.45) is 0 Å². The van der Waals surface area contributed by atoms with Crippen molar-refractivity contribution in [1.82, 2.24) is 4.98 Å². The van der Waals surface area contributed by atoms with E-state index in [1.165, 1.54) is 6.07 Å². The van der Waals surface area contributed by atoms with Gasteiger partial charge in [0.2, 0.25) is 0 Å². The molecule has 3 rings (SSSR count). The van der Waals surface area contributed by atoms with Gasteiger partial charge in [-0.25, -0.2) is 4.39 Å². The molecule has 3 heteroatoms. The van der Waals surface area contributed by atoms with Gasteiger partial charge in [-0.15, -0.1) is 0 Å². The van der Waals surface area contributed by atoms with Gasteiger partial charge in [0.15, 0.2) is 0 Å². The standard InChI is InChI=1S/C16H11ClFN/c17-15-6-5-11(8-16(15)18)7-14-9-12-3-1-2-4-13(12)10-19-14/h1-6,8-10H,7H2. The molecule has 0 saturated heterocycles. The zero-order valence-corrected chi connectivity index (χ0v) is 10.9. The third kappa shape index (κ3) is 2.59. The number of benzene rings is 2. The number of rotatable bonds is 2. The largest absolute Gasteiger partial charge is 0.260 e. The van der Waals surface area contributed by atoms with E-state index >= 15 is 0 Å². The molecule has 0 N–H and O–H groups in total. The van der Waals surface area contributed by atoms with Crippen molar-refractivity contribution >= 4 is 22.4 Å². The molecule has 94 valence electrons. The molecule has 0 aliphatic carbocycles. The first-order chi connectivity index (χ1) is 9.22. The van der Waals surface area contributed by atoms with Gasteiger partial charge in [0, 0.05) is 23.7 Å². The summed E-state index contributed by atoms with van der Waals surface area (Å²) in [6, 6.07) is 14.9. The molecule has 1 heterocycles. The fourth-order valence-electron chi connectivity index (χ4n) is 2.08. The van der Waals surface area contributed by atoms with E-state index in [4.69, 9.17) is 11.6 Å². The number of halogens is 2. The number of hydrogen-bond donors (Lipinski definition) is 0. The molecular weight excluding hydrogens is 261 g/mol. The predicted molar refractivity (Wildman–Crippen MR) is 76.0 cm³/mol. The summed E-state index contributed by atoms with van der Waals surface area (Å²) in [5.74, 6) is -0.389. The zero-order valence-electron chi connectivity index (χ0n) is 10.1. The fourth-order valence-corrected chi connectivity index (χ4v) is 2.20. The summed E-state index contributed by atoms with van der Waals surface area (Å²) in [7, 11) is 0. The van der Waals surface area contributed by atoms with E-state index in [0.29, 0.717) is 6.42 Å². The van der Waals surface area contributed by atoms with Crippen molar-refractivity contribution in [1.29, 1.82) is 0 Å². The number of aromatic nitrogens is 1. The van der Waals surface area contributed by atoms with Gasteiger partial charge in [-0.2, -0.15) is 0 Å². The van der Waals surface area contributed by atoms with E-state index in [9.17, 15) is 4.39 Å². The third-order valence-electron chi connectivity index (χ3n) is 3.06. The van der Waals surface area contributed by atoms with E-state index in [-0.39, 0.29) is 10.8 Å². The summed E-state index contributed by atoms with van der Waals surface area (Å²) in [5, 5.41) is 2.39. The average molecular weight is 272 g/mol. The first-order valence-electron chi connectivity index (χ1n) is 6.00. The van der Waals surface area contributed by atoms with Gasteiger partial charge in [-0.05, 0) is 29.1 Å². The molecule has 0 saturated carbocycles. The summed E-state index contributed by atoms with van der Waals surface area (Å²) in [6.07, 6.45) is 2.44. The monoisotopic (exact) mass is 271 g/mol. The maximum atomic E-state index is 13.4. The van der Waals surface area contributed by atoms with Crippen LogP contribution in [0.3, 0.4) is 0 Å². The van der Waals surface area contributed by atoms with Gasteiger partial charge in [-0.3, -0.25) is 4.98 Å². The van der Waals surface area contributed by atoms with E-state index in [1.807, 2.05) is 42.6 Å². The molecule has 1 nitrogen and oxygen atoms in total. The molecule has 1 aromatic heterocycles. The van der Waals surface area contributed by atoms with Crippen molar-refractivity contribution in [2.75, 3.05) is 0 Å². The maximum absolute atomic E-state index is 13.4. The topological polar surface area (TPSA) is 12.9 Å². The molecule has 2 aromatic carbocycles. The predicted octanol–water partition coefficient (Wildman–Crippen LogP) is 4.62. The highest BCUT2D eigenvalue weighted by Gasteiger charge is 2.04. The first kappa shape index (κ1) is 12.1. The lowest BCUT2D eigenvalue weighted by atomic mass is 10.1. The summed E-state index contributed by atoms with van der Waals surface area (Å²) in [5.41, 5.74) is 1.78. The molecule has 0 aliphatic heterocycles. The molecule has 19 heavy (non-hydrogen) atoms. The molecule has 0 atom stereocenters. The molecule has 0 amide bonds. The Labute approximate surface area is 115 Å². The van der Waals surface area contributed by atoms with Crippen LogP contribution in [0.5, 0.6) is 0 Å². The van der Waals surface area contributed by atoms with E-state index in [0.717, 1.165) is 22.0 Å². The number of pyridine rings is 1. The van der Waals surface area contributed by atoms with E-state index in [2.05, 4.69) is 4.98 Å². The minimum atomic E-state index is -0.389. The van der Waals surface area contributed by atoms with Crippen molar-refractivity contribution in [3.63, 3.8) is 0 Å². The van der Waals surface area contributed by atoms with Crippen molar-refractivity contribution < 1.29 is 4.39 Å². The van der Waals surface area contributed by atoms with Crippen LogP contribution in [-0.4, -0.2) is 4.98 Å². The van der Waals surface area contributed by atoms with Crippen LogP contribution in [-0.2, 0) is 6.42 Å². The smallest absolute Gasteiger partial charge is 0.142 e. The van der Waals surface area contributed by atoms with Crippen molar-refractivity contribution in [2.45, 2.75) is 6.42 Å². The lowest BCUT2D eigenvalue weighted by Gasteiger charge is -2.04. The highest BCUT2D eigenvalue weighted by molar-refractivity contribution is 6.30. The summed E-state index contributed by atoms with van der Waals surface area (Å²) < 4.78 is 13.4. The molecule has 0 fully saturated rings. The number of hydrogen-bond acceptors (Lipinski definition) is 1. The number of fused-ring (bicyclic) bond motifs is 1. The number of nitrogens with zero attached hydrogens (tertiary/aromatic N) is 1. The Bertz CT molecular complexity index is 740. The molecular formula is C16H11ClFN. The molecule has 0 spiro atoms. The van der Waals surface area contributed by atoms with Crippen molar-refractivity contribution in [3.05, 3.63) is 76.8 Å². The summed E-state index contributed by atoms with van der Waals surface area (Å²) in [6.45, 7) is 0. The normalized spacial score (nSPS) is 10.8. The van der Waals surface area contributed by atoms with Crippen LogP contribution in [0.25, 0.3) is 10.8 Å². The molecule has 0 aliphatic rings. The van der Waals surface area contributed by atoms with Crippen LogP contribution in [0, 0.1) is 5.82 Å².